The number of esters is 1. The average Bonchev–Trinajstić information content (AvgIpc) is 3.83. The van der Waals surface area contributed by atoms with E-state index < -0.39 is 0 Å². The second-order valence-corrected chi connectivity index (χ2v) is 10.5. The zero-order valence-corrected chi connectivity index (χ0v) is 23.5. The van der Waals surface area contributed by atoms with Crippen LogP contribution >= 0.6 is 0 Å². The summed E-state index contributed by atoms with van der Waals surface area (Å²) < 4.78 is 28.7. The van der Waals surface area contributed by atoms with Crippen LogP contribution in [0.4, 0.5) is 0 Å². The molecule has 0 radical (unpaired) electrons. The van der Waals surface area contributed by atoms with Crippen LogP contribution in [0.3, 0.4) is 0 Å². The van der Waals surface area contributed by atoms with E-state index >= 15 is 0 Å². The monoisotopic (exact) mass is 546 g/mol. The lowest BCUT2D eigenvalue weighted by Gasteiger charge is -2.30. The molecule has 0 aliphatic heterocycles. The number of hydrogen-bond acceptors (Lipinski definition) is 8. The SMILES string of the molecule is CCOC(=O)CC(c1ccnc(O[C@H]2CC[C@H](Oc3cc(OC)ccc3-c3ccc(OC)nc3)CC2)c1)C1CC1. The number of carbonyl (C=O) groups excluding carboxylic acids is 1. The van der Waals surface area contributed by atoms with Gasteiger partial charge in [-0.1, -0.05) is 0 Å². The van der Waals surface area contributed by atoms with Gasteiger partial charge in [-0.3, -0.25) is 4.79 Å². The minimum atomic E-state index is -0.139. The van der Waals surface area contributed by atoms with Gasteiger partial charge in [-0.15, -0.1) is 0 Å². The number of hydrogen-bond donors (Lipinski definition) is 0. The van der Waals surface area contributed by atoms with Crippen molar-refractivity contribution in [3.63, 3.8) is 0 Å². The van der Waals surface area contributed by atoms with Crippen molar-refractivity contribution in [1.82, 2.24) is 9.97 Å². The molecule has 1 atom stereocenters. The van der Waals surface area contributed by atoms with E-state index in [2.05, 4.69) is 9.97 Å². The van der Waals surface area contributed by atoms with Crippen molar-refractivity contribution in [2.75, 3.05) is 20.8 Å². The predicted molar refractivity (Wildman–Crippen MR) is 151 cm³/mol. The molecule has 2 heterocycles. The Bertz CT molecular complexity index is 1270. The fourth-order valence-electron chi connectivity index (χ4n) is 5.42. The summed E-state index contributed by atoms with van der Waals surface area (Å²) in [5, 5.41) is 0. The largest absolute Gasteiger partial charge is 0.497 e. The summed E-state index contributed by atoms with van der Waals surface area (Å²) in [5.74, 6) is 3.26. The Kier molecular flexibility index (Phi) is 9.04. The van der Waals surface area contributed by atoms with E-state index in [0.29, 0.717) is 30.7 Å². The van der Waals surface area contributed by atoms with Crippen molar-refractivity contribution in [1.29, 1.82) is 0 Å². The first-order valence-electron chi connectivity index (χ1n) is 14.2. The van der Waals surface area contributed by atoms with Crippen LogP contribution < -0.4 is 18.9 Å². The van der Waals surface area contributed by atoms with E-state index in [-0.39, 0.29) is 24.1 Å². The molecule has 2 aliphatic rings. The van der Waals surface area contributed by atoms with E-state index in [1.807, 2.05) is 49.4 Å². The van der Waals surface area contributed by atoms with Crippen LogP contribution in [0.15, 0.2) is 54.9 Å². The molecule has 0 spiro atoms. The molecule has 2 aromatic heterocycles. The number of nitrogens with zero attached hydrogens (tertiary/aromatic N) is 2. The standard InChI is InChI=1S/C32H38N2O6/c1-4-38-32(35)19-28(21-5-6-21)22-15-16-33-31(17-22)40-25-10-8-24(9-11-25)39-29-18-26(36-2)12-13-27(29)23-7-14-30(37-3)34-20-23/h7,12-18,20-21,24-25,28H,4-6,8-11,19H2,1-3H3/t24-,25-,28?. The highest BCUT2D eigenvalue weighted by Crippen LogP contribution is 2.45. The first-order valence-corrected chi connectivity index (χ1v) is 14.2. The summed E-state index contributed by atoms with van der Waals surface area (Å²) in [4.78, 5) is 21.0. The zero-order valence-electron chi connectivity index (χ0n) is 23.5. The number of pyridine rings is 2. The van der Waals surface area contributed by atoms with Gasteiger partial charge >= 0.3 is 5.97 Å². The van der Waals surface area contributed by atoms with Crippen molar-refractivity contribution in [3.05, 3.63) is 60.4 Å². The van der Waals surface area contributed by atoms with E-state index in [4.69, 9.17) is 23.7 Å². The Hall–Kier alpha value is -3.81. The van der Waals surface area contributed by atoms with Crippen LogP contribution in [0.1, 0.15) is 63.4 Å². The third kappa shape index (κ3) is 7.03. The van der Waals surface area contributed by atoms with Crippen molar-refractivity contribution in [2.45, 2.75) is 70.0 Å². The molecule has 3 aromatic rings. The maximum atomic E-state index is 12.2. The highest BCUT2D eigenvalue weighted by Gasteiger charge is 2.34. The fraction of sp³-hybridized carbons (Fsp3) is 0.469. The molecule has 1 aromatic carbocycles. The second kappa shape index (κ2) is 13.0. The molecule has 2 aliphatic carbocycles. The number of methoxy groups -OCH3 is 2. The summed E-state index contributed by atoms with van der Waals surface area (Å²) in [6.45, 7) is 2.25. The maximum absolute atomic E-state index is 12.2. The minimum absolute atomic E-state index is 0.0695. The van der Waals surface area contributed by atoms with E-state index in [1.54, 1.807) is 26.6 Å². The van der Waals surface area contributed by atoms with Crippen LogP contribution in [-0.2, 0) is 9.53 Å². The lowest BCUT2D eigenvalue weighted by Crippen LogP contribution is -2.30. The summed E-state index contributed by atoms with van der Waals surface area (Å²) in [6.07, 6.45) is 9.91. The van der Waals surface area contributed by atoms with E-state index in [0.717, 1.165) is 66.7 Å². The zero-order chi connectivity index (χ0) is 27.9. The number of carbonyl (C=O) groups is 1. The molecule has 0 amide bonds. The average molecular weight is 547 g/mol. The van der Waals surface area contributed by atoms with Crippen LogP contribution in [0.25, 0.3) is 11.1 Å². The van der Waals surface area contributed by atoms with Crippen LogP contribution in [-0.4, -0.2) is 49.0 Å². The Morgan fingerprint density at radius 2 is 1.65 bits per heavy atom. The Morgan fingerprint density at radius 3 is 2.30 bits per heavy atom. The molecular weight excluding hydrogens is 508 g/mol. The van der Waals surface area contributed by atoms with Crippen molar-refractivity contribution < 1.29 is 28.5 Å². The summed E-state index contributed by atoms with van der Waals surface area (Å²) in [5.41, 5.74) is 3.02. The molecule has 5 rings (SSSR count). The van der Waals surface area contributed by atoms with E-state index in [1.165, 1.54) is 0 Å². The summed E-state index contributed by atoms with van der Waals surface area (Å²) >= 11 is 0. The van der Waals surface area contributed by atoms with Gasteiger partial charge in [-0.05, 0) is 87.1 Å². The molecule has 1 unspecified atom stereocenters. The lowest BCUT2D eigenvalue weighted by molar-refractivity contribution is -0.143. The van der Waals surface area contributed by atoms with Gasteiger partial charge in [-0.25, -0.2) is 9.97 Å². The predicted octanol–water partition coefficient (Wildman–Crippen LogP) is 6.38. The molecule has 8 nitrogen and oxygen atoms in total. The molecule has 212 valence electrons. The topological polar surface area (TPSA) is 89.0 Å². The number of rotatable bonds is 12. The van der Waals surface area contributed by atoms with Crippen molar-refractivity contribution in [3.8, 4) is 34.4 Å². The van der Waals surface area contributed by atoms with Gasteiger partial charge in [0.05, 0.1) is 33.4 Å². The Labute approximate surface area is 236 Å². The molecule has 2 fully saturated rings. The van der Waals surface area contributed by atoms with Gasteiger partial charge in [0.2, 0.25) is 11.8 Å². The third-order valence-corrected chi connectivity index (χ3v) is 7.72. The van der Waals surface area contributed by atoms with Crippen LogP contribution in [0.5, 0.6) is 23.3 Å². The smallest absolute Gasteiger partial charge is 0.306 e. The molecule has 0 saturated heterocycles. The maximum Gasteiger partial charge on any atom is 0.306 e. The van der Waals surface area contributed by atoms with Crippen molar-refractivity contribution >= 4 is 5.97 Å². The number of benzene rings is 1. The highest BCUT2D eigenvalue weighted by atomic mass is 16.5. The summed E-state index contributed by atoms with van der Waals surface area (Å²) in [6, 6.07) is 13.7. The second-order valence-electron chi connectivity index (χ2n) is 10.5. The Morgan fingerprint density at radius 1 is 0.875 bits per heavy atom. The first-order chi connectivity index (χ1) is 19.6. The number of ether oxygens (including phenoxy) is 5. The van der Waals surface area contributed by atoms with Crippen molar-refractivity contribution in [2.24, 2.45) is 5.92 Å². The third-order valence-electron chi connectivity index (χ3n) is 7.72. The van der Waals surface area contributed by atoms with Gasteiger partial charge in [0.1, 0.15) is 17.6 Å². The quantitative estimate of drug-likeness (QED) is 0.242. The molecule has 0 bridgehead atoms. The van der Waals surface area contributed by atoms with E-state index in [9.17, 15) is 4.79 Å². The molecular formula is C32H38N2O6. The van der Waals surface area contributed by atoms with Gasteiger partial charge in [-0.2, -0.15) is 0 Å². The first kappa shape index (κ1) is 27.7. The highest BCUT2D eigenvalue weighted by molar-refractivity contribution is 5.71. The van der Waals surface area contributed by atoms with Gasteiger partial charge < -0.3 is 23.7 Å². The fourth-order valence-corrected chi connectivity index (χ4v) is 5.42. The lowest BCUT2D eigenvalue weighted by atomic mass is 9.91. The van der Waals surface area contributed by atoms with Gasteiger partial charge in [0.15, 0.2) is 0 Å². The van der Waals surface area contributed by atoms with Crippen LogP contribution in [0.2, 0.25) is 0 Å². The molecule has 40 heavy (non-hydrogen) atoms. The molecule has 8 heteroatoms. The molecule has 2 saturated carbocycles. The minimum Gasteiger partial charge on any atom is -0.497 e. The number of aromatic nitrogens is 2. The normalized spacial score (nSPS) is 19.4. The van der Waals surface area contributed by atoms with Crippen LogP contribution in [0, 0.1) is 5.92 Å². The molecule has 0 N–H and O–H groups in total. The van der Waals surface area contributed by atoms with Gasteiger partial charge in [0, 0.05) is 41.7 Å². The summed E-state index contributed by atoms with van der Waals surface area (Å²) in [7, 11) is 3.26. The Balaban J connectivity index is 1.20. The van der Waals surface area contributed by atoms with Gasteiger partial charge in [0.25, 0.3) is 0 Å².